The first-order chi connectivity index (χ1) is 9.65. The van der Waals surface area contributed by atoms with Crippen molar-refractivity contribution in [3.63, 3.8) is 0 Å². The van der Waals surface area contributed by atoms with Crippen LogP contribution in [0.1, 0.15) is 11.1 Å². The molecule has 0 saturated carbocycles. The molecule has 2 aromatic heterocycles. The summed E-state index contributed by atoms with van der Waals surface area (Å²) in [6, 6.07) is 7.59. The molecule has 0 unspecified atom stereocenters. The van der Waals surface area contributed by atoms with E-state index in [1.807, 2.05) is 24.4 Å². The van der Waals surface area contributed by atoms with Gasteiger partial charge in [-0.25, -0.2) is 8.78 Å². The molecule has 0 radical (unpaired) electrons. The van der Waals surface area contributed by atoms with Crippen LogP contribution in [0.5, 0.6) is 0 Å². The summed E-state index contributed by atoms with van der Waals surface area (Å²) in [6.45, 7) is -0.240. The summed E-state index contributed by atoms with van der Waals surface area (Å²) in [7, 11) is 0. The number of nitrogens with zero attached hydrogens (tertiary/aromatic N) is 3. The number of fused-ring (bicyclic) bond motifs is 1. The van der Waals surface area contributed by atoms with E-state index in [9.17, 15) is 14.0 Å². The third-order valence-corrected chi connectivity index (χ3v) is 3.08. The maximum atomic E-state index is 12.5. The molecule has 0 bridgehead atoms. The lowest BCUT2D eigenvalue weighted by Crippen LogP contribution is -2.31. The summed E-state index contributed by atoms with van der Waals surface area (Å²) in [5.41, 5.74) is 1.93. The van der Waals surface area contributed by atoms with Crippen molar-refractivity contribution < 1.29 is 13.9 Å². The van der Waals surface area contributed by atoms with Gasteiger partial charge in [0.25, 0.3) is 6.43 Å². The Kier molecular flexibility index (Phi) is 4.66. The molecule has 0 aliphatic rings. The monoisotopic (exact) mass is 279 g/mol. The Labute approximate surface area is 115 Å². The fourth-order valence-corrected chi connectivity index (χ4v) is 2.24. The average Bonchev–Trinajstić information content (AvgIpc) is 2.75. The van der Waals surface area contributed by atoms with Gasteiger partial charge >= 0.3 is 0 Å². The van der Waals surface area contributed by atoms with E-state index in [4.69, 9.17) is 5.11 Å². The standard InChI is InChI=1S/C14H15F2N3O/c15-14(16)10-18(5-6-20)8-11-9-19-4-2-1-3-13(19)12(11)7-17/h1-4,9,14,20H,5-6,8,10H2. The van der Waals surface area contributed by atoms with E-state index < -0.39 is 13.0 Å². The third kappa shape index (κ3) is 3.13. The highest BCUT2D eigenvalue weighted by atomic mass is 19.3. The van der Waals surface area contributed by atoms with Gasteiger partial charge in [-0.1, -0.05) is 6.07 Å². The molecule has 0 spiro atoms. The van der Waals surface area contributed by atoms with E-state index in [0.717, 1.165) is 5.52 Å². The molecule has 1 N–H and O–H groups in total. The van der Waals surface area contributed by atoms with Gasteiger partial charge in [0.1, 0.15) is 6.07 Å². The van der Waals surface area contributed by atoms with E-state index in [0.29, 0.717) is 11.1 Å². The third-order valence-electron chi connectivity index (χ3n) is 3.08. The topological polar surface area (TPSA) is 51.7 Å². The van der Waals surface area contributed by atoms with Gasteiger partial charge in [0.05, 0.1) is 24.2 Å². The molecule has 0 aromatic carbocycles. The van der Waals surface area contributed by atoms with Gasteiger partial charge in [-0.3, -0.25) is 4.90 Å². The zero-order valence-corrected chi connectivity index (χ0v) is 10.8. The molecule has 2 rings (SSSR count). The number of alkyl halides is 2. The molecular formula is C14H15F2N3O. The number of hydrogen-bond donors (Lipinski definition) is 1. The van der Waals surface area contributed by atoms with Crippen molar-refractivity contribution in [3.05, 3.63) is 41.7 Å². The van der Waals surface area contributed by atoms with E-state index in [-0.39, 0.29) is 19.7 Å². The number of rotatable bonds is 6. The fourth-order valence-electron chi connectivity index (χ4n) is 2.24. The first-order valence-corrected chi connectivity index (χ1v) is 6.25. The van der Waals surface area contributed by atoms with Crippen LogP contribution >= 0.6 is 0 Å². The largest absolute Gasteiger partial charge is 0.395 e. The van der Waals surface area contributed by atoms with Crippen molar-refractivity contribution in [2.75, 3.05) is 19.7 Å². The Morgan fingerprint density at radius 3 is 2.85 bits per heavy atom. The van der Waals surface area contributed by atoms with Crippen molar-refractivity contribution in [1.82, 2.24) is 9.30 Å². The van der Waals surface area contributed by atoms with E-state index in [2.05, 4.69) is 6.07 Å². The molecule has 0 amide bonds. The highest BCUT2D eigenvalue weighted by Crippen LogP contribution is 2.19. The number of aliphatic hydroxyl groups is 1. The minimum Gasteiger partial charge on any atom is -0.395 e. The Morgan fingerprint density at radius 2 is 2.20 bits per heavy atom. The molecular weight excluding hydrogens is 264 g/mol. The van der Waals surface area contributed by atoms with Crippen LogP contribution in [0, 0.1) is 11.3 Å². The lowest BCUT2D eigenvalue weighted by Gasteiger charge is -2.20. The molecule has 2 heterocycles. The molecule has 0 saturated heterocycles. The predicted molar refractivity (Wildman–Crippen MR) is 70.5 cm³/mol. The van der Waals surface area contributed by atoms with Crippen LogP contribution in [-0.2, 0) is 6.54 Å². The second-order valence-electron chi connectivity index (χ2n) is 4.48. The molecule has 106 valence electrons. The number of nitriles is 1. The maximum absolute atomic E-state index is 12.5. The fraction of sp³-hybridized carbons (Fsp3) is 0.357. The summed E-state index contributed by atoms with van der Waals surface area (Å²) in [4.78, 5) is 1.44. The highest BCUT2D eigenvalue weighted by molar-refractivity contribution is 5.65. The number of hydrogen-bond acceptors (Lipinski definition) is 3. The predicted octanol–water partition coefficient (Wildman–Crippen LogP) is 1.87. The molecule has 0 aliphatic carbocycles. The second kappa shape index (κ2) is 6.46. The van der Waals surface area contributed by atoms with Crippen LogP contribution in [0.25, 0.3) is 5.52 Å². The Balaban J connectivity index is 2.29. The summed E-state index contributed by atoms with van der Waals surface area (Å²) in [5.74, 6) is 0. The zero-order valence-electron chi connectivity index (χ0n) is 10.8. The SMILES string of the molecule is N#Cc1c(CN(CCO)CC(F)F)cn2ccccc12. The van der Waals surface area contributed by atoms with Crippen molar-refractivity contribution >= 4 is 5.52 Å². The van der Waals surface area contributed by atoms with Crippen LogP contribution in [0.4, 0.5) is 8.78 Å². The van der Waals surface area contributed by atoms with Gasteiger partial charge in [0.15, 0.2) is 0 Å². The van der Waals surface area contributed by atoms with E-state index in [1.54, 1.807) is 10.6 Å². The number of halogens is 2. The van der Waals surface area contributed by atoms with Gasteiger partial charge in [0.2, 0.25) is 0 Å². The Morgan fingerprint density at radius 1 is 1.40 bits per heavy atom. The van der Waals surface area contributed by atoms with Crippen LogP contribution in [-0.4, -0.2) is 40.5 Å². The summed E-state index contributed by atoms with van der Waals surface area (Å²) in [6.07, 6.45) is 1.11. The van der Waals surface area contributed by atoms with Gasteiger partial charge < -0.3 is 9.51 Å². The molecule has 6 heteroatoms. The smallest absolute Gasteiger partial charge is 0.251 e. The molecule has 20 heavy (non-hydrogen) atoms. The van der Waals surface area contributed by atoms with Crippen molar-refractivity contribution in [2.24, 2.45) is 0 Å². The van der Waals surface area contributed by atoms with Gasteiger partial charge in [-0.05, 0) is 12.1 Å². The van der Waals surface area contributed by atoms with Crippen molar-refractivity contribution in [2.45, 2.75) is 13.0 Å². The number of aliphatic hydroxyl groups excluding tert-OH is 1. The second-order valence-corrected chi connectivity index (χ2v) is 4.48. The first-order valence-electron chi connectivity index (χ1n) is 6.25. The minimum absolute atomic E-state index is 0.154. The van der Waals surface area contributed by atoms with E-state index in [1.165, 1.54) is 4.90 Å². The average molecular weight is 279 g/mol. The summed E-state index contributed by atoms with van der Waals surface area (Å²) in [5, 5.41) is 18.2. The van der Waals surface area contributed by atoms with Gasteiger partial charge in [0, 0.05) is 31.0 Å². The first kappa shape index (κ1) is 14.4. The summed E-state index contributed by atoms with van der Waals surface area (Å²) >= 11 is 0. The normalized spacial score (nSPS) is 11.4. The van der Waals surface area contributed by atoms with Crippen LogP contribution in [0.2, 0.25) is 0 Å². The lowest BCUT2D eigenvalue weighted by atomic mass is 10.1. The van der Waals surface area contributed by atoms with Crippen molar-refractivity contribution in [1.29, 1.82) is 5.26 Å². The van der Waals surface area contributed by atoms with Crippen LogP contribution in [0.15, 0.2) is 30.6 Å². The molecule has 0 fully saturated rings. The number of pyridine rings is 1. The summed E-state index contributed by atoms with van der Waals surface area (Å²) < 4.78 is 26.8. The molecule has 0 aliphatic heterocycles. The number of aromatic nitrogens is 1. The van der Waals surface area contributed by atoms with Crippen LogP contribution < -0.4 is 0 Å². The highest BCUT2D eigenvalue weighted by Gasteiger charge is 2.16. The minimum atomic E-state index is -2.47. The maximum Gasteiger partial charge on any atom is 0.251 e. The molecule has 2 aromatic rings. The van der Waals surface area contributed by atoms with Gasteiger partial charge in [-0.2, -0.15) is 5.26 Å². The lowest BCUT2D eigenvalue weighted by molar-refractivity contribution is 0.0746. The van der Waals surface area contributed by atoms with Gasteiger partial charge in [-0.15, -0.1) is 0 Å². The Bertz CT molecular complexity index is 618. The molecule has 0 atom stereocenters. The zero-order chi connectivity index (χ0) is 14.5. The van der Waals surface area contributed by atoms with Crippen LogP contribution in [0.3, 0.4) is 0 Å². The van der Waals surface area contributed by atoms with Crippen molar-refractivity contribution in [3.8, 4) is 6.07 Å². The quantitative estimate of drug-likeness (QED) is 0.878. The Hall–Kier alpha value is -1.97. The van der Waals surface area contributed by atoms with E-state index >= 15 is 0 Å². The molecule has 4 nitrogen and oxygen atoms in total.